The summed E-state index contributed by atoms with van der Waals surface area (Å²) in [4.78, 5) is 0. The molecule has 0 aliphatic heterocycles. The van der Waals surface area contributed by atoms with Crippen molar-refractivity contribution in [1.82, 2.24) is 0 Å². The van der Waals surface area contributed by atoms with Crippen molar-refractivity contribution in [2.75, 3.05) is 6.61 Å². The zero-order valence-corrected chi connectivity index (χ0v) is 10.0. The van der Waals surface area contributed by atoms with E-state index >= 15 is 0 Å². The van der Waals surface area contributed by atoms with Crippen molar-refractivity contribution in [3.8, 4) is 5.75 Å². The van der Waals surface area contributed by atoms with E-state index in [1.807, 2.05) is 6.07 Å². The van der Waals surface area contributed by atoms with Crippen molar-refractivity contribution in [2.45, 2.75) is 39.5 Å². The van der Waals surface area contributed by atoms with Crippen LogP contribution in [0.1, 0.15) is 50.7 Å². The van der Waals surface area contributed by atoms with E-state index in [4.69, 9.17) is 4.74 Å². The molecular weight excluding hydrogens is 184 g/mol. The van der Waals surface area contributed by atoms with Gasteiger partial charge in [0, 0.05) is 0 Å². The van der Waals surface area contributed by atoms with Crippen LogP contribution >= 0.6 is 0 Å². The lowest BCUT2D eigenvalue weighted by molar-refractivity contribution is 0.309. The quantitative estimate of drug-likeness (QED) is 0.655. The molecule has 1 aromatic carbocycles. The topological polar surface area (TPSA) is 9.23 Å². The first-order chi connectivity index (χ1) is 7.13. The molecule has 0 unspecified atom stereocenters. The number of rotatable bonds is 5. The van der Waals surface area contributed by atoms with Gasteiger partial charge in [-0.2, -0.15) is 0 Å². The number of hydrogen-bond acceptors (Lipinski definition) is 1. The van der Waals surface area contributed by atoms with Crippen molar-refractivity contribution in [3.63, 3.8) is 0 Å². The molecule has 0 saturated heterocycles. The molecule has 0 aliphatic carbocycles. The molecule has 1 rings (SSSR count). The molecule has 1 aromatic rings. The zero-order chi connectivity index (χ0) is 11.3. The van der Waals surface area contributed by atoms with Crippen LogP contribution < -0.4 is 4.74 Å². The Morgan fingerprint density at radius 2 is 2.00 bits per heavy atom. The number of benzene rings is 1. The molecule has 83 valence electrons. The summed E-state index contributed by atoms with van der Waals surface area (Å²) in [5.41, 5.74) is 2.33. The van der Waals surface area contributed by atoms with Crippen LogP contribution in [0.3, 0.4) is 0 Å². The van der Waals surface area contributed by atoms with Gasteiger partial charge in [-0.25, -0.2) is 0 Å². The monoisotopic (exact) mass is 205 g/mol. The minimum atomic E-state index is 0.528. The first-order valence-corrected chi connectivity index (χ1v) is 5.73. The molecule has 1 heteroatoms. The average Bonchev–Trinajstić information content (AvgIpc) is 2.17. The van der Waals surface area contributed by atoms with Crippen LogP contribution in [0, 0.1) is 6.92 Å². The normalized spacial score (nSPS) is 10.7. The summed E-state index contributed by atoms with van der Waals surface area (Å²) in [7, 11) is 0. The molecule has 0 N–H and O–H groups in total. The highest BCUT2D eigenvalue weighted by molar-refractivity contribution is 5.37. The second kappa shape index (κ2) is 5.79. The van der Waals surface area contributed by atoms with E-state index < -0.39 is 0 Å². The van der Waals surface area contributed by atoms with Crippen LogP contribution in [0.2, 0.25) is 0 Å². The molecule has 0 amide bonds. The third-order valence-corrected chi connectivity index (χ3v) is 2.42. The van der Waals surface area contributed by atoms with Gasteiger partial charge in [-0.1, -0.05) is 33.3 Å². The van der Waals surface area contributed by atoms with Crippen LogP contribution in [-0.2, 0) is 0 Å². The van der Waals surface area contributed by atoms with Crippen molar-refractivity contribution >= 4 is 0 Å². The summed E-state index contributed by atoms with van der Waals surface area (Å²) in [5.74, 6) is 1.49. The third kappa shape index (κ3) is 3.94. The van der Waals surface area contributed by atoms with E-state index in [0.29, 0.717) is 5.92 Å². The number of ether oxygens (including phenoxy) is 1. The van der Waals surface area contributed by atoms with Gasteiger partial charge in [-0.05, 0) is 42.5 Å². The lowest BCUT2D eigenvalue weighted by Crippen LogP contribution is -1.98. The third-order valence-electron chi connectivity index (χ3n) is 2.42. The molecule has 0 fully saturated rings. The maximum Gasteiger partial charge on any atom is 0.119 e. The Balaban J connectivity index is 2.71. The lowest BCUT2D eigenvalue weighted by Gasteiger charge is -2.11. The second-order valence-corrected chi connectivity index (χ2v) is 4.27. The zero-order valence-electron chi connectivity index (χ0n) is 10.0. The molecule has 0 atom stereocenters. The summed E-state index contributed by atoms with van der Waals surface area (Å²) in [5, 5.41) is 0. The molecule has 15 heavy (non-hydrogen) atoms. The van der Waals surface area contributed by atoms with Crippen LogP contribution in [-0.4, -0.2) is 6.61 Å². The molecular formula is C14H21O. The fourth-order valence-corrected chi connectivity index (χ4v) is 1.44. The van der Waals surface area contributed by atoms with Crippen LogP contribution in [0.5, 0.6) is 5.75 Å². The Labute approximate surface area is 93.5 Å². The molecule has 0 bridgehead atoms. The molecule has 0 aromatic heterocycles. The standard InChI is InChI=1S/C14H21O/c1-5-6-7-15-14-9-12(4)8-13(10-14)11(2)3/h8-11H,4-7H2,1-3H3. The van der Waals surface area contributed by atoms with Gasteiger partial charge in [0.05, 0.1) is 6.61 Å². The summed E-state index contributed by atoms with van der Waals surface area (Å²) < 4.78 is 5.68. The summed E-state index contributed by atoms with van der Waals surface area (Å²) in [6.45, 7) is 11.3. The number of unbranched alkanes of at least 4 members (excludes halogenated alkanes) is 1. The summed E-state index contributed by atoms with van der Waals surface area (Å²) >= 11 is 0. The molecule has 1 radical (unpaired) electrons. The highest BCUT2D eigenvalue weighted by Crippen LogP contribution is 2.22. The van der Waals surface area contributed by atoms with E-state index in [0.717, 1.165) is 24.3 Å². The largest absolute Gasteiger partial charge is 0.494 e. The molecule has 0 spiro atoms. The van der Waals surface area contributed by atoms with Gasteiger partial charge < -0.3 is 4.74 Å². The first kappa shape index (κ1) is 12.1. The Morgan fingerprint density at radius 1 is 1.27 bits per heavy atom. The van der Waals surface area contributed by atoms with Gasteiger partial charge in [0.1, 0.15) is 5.75 Å². The van der Waals surface area contributed by atoms with Gasteiger partial charge in [0.2, 0.25) is 0 Å². The Kier molecular flexibility index (Phi) is 4.67. The highest BCUT2D eigenvalue weighted by atomic mass is 16.5. The lowest BCUT2D eigenvalue weighted by atomic mass is 10.0. The molecule has 0 saturated carbocycles. The smallest absolute Gasteiger partial charge is 0.119 e. The van der Waals surface area contributed by atoms with Gasteiger partial charge in [0.15, 0.2) is 0 Å². The Hall–Kier alpha value is -0.980. The van der Waals surface area contributed by atoms with E-state index in [1.165, 1.54) is 12.0 Å². The maximum absolute atomic E-state index is 5.68. The van der Waals surface area contributed by atoms with Crippen molar-refractivity contribution in [3.05, 3.63) is 36.2 Å². The van der Waals surface area contributed by atoms with Gasteiger partial charge in [-0.15, -0.1) is 0 Å². The SMILES string of the molecule is [CH2]c1cc(OCCCC)cc(C(C)C)c1. The molecule has 0 aliphatic rings. The van der Waals surface area contributed by atoms with Crippen molar-refractivity contribution in [2.24, 2.45) is 0 Å². The molecule has 1 nitrogen and oxygen atoms in total. The fourth-order valence-electron chi connectivity index (χ4n) is 1.44. The van der Waals surface area contributed by atoms with Crippen LogP contribution in [0.15, 0.2) is 18.2 Å². The second-order valence-electron chi connectivity index (χ2n) is 4.27. The van der Waals surface area contributed by atoms with E-state index in [2.05, 4.69) is 39.8 Å². The number of hydrogen-bond donors (Lipinski definition) is 0. The fraction of sp³-hybridized carbons (Fsp3) is 0.500. The minimum Gasteiger partial charge on any atom is -0.494 e. The highest BCUT2D eigenvalue weighted by Gasteiger charge is 2.03. The van der Waals surface area contributed by atoms with Gasteiger partial charge in [0.25, 0.3) is 0 Å². The van der Waals surface area contributed by atoms with Crippen LogP contribution in [0.4, 0.5) is 0 Å². The van der Waals surface area contributed by atoms with E-state index in [-0.39, 0.29) is 0 Å². The van der Waals surface area contributed by atoms with Crippen LogP contribution in [0.25, 0.3) is 0 Å². The van der Waals surface area contributed by atoms with E-state index in [9.17, 15) is 0 Å². The predicted octanol–water partition coefficient (Wildman–Crippen LogP) is 4.17. The van der Waals surface area contributed by atoms with Crippen molar-refractivity contribution < 1.29 is 4.74 Å². The Morgan fingerprint density at radius 3 is 2.60 bits per heavy atom. The Bertz CT molecular complexity index is 302. The first-order valence-electron chi connectivity index (χ1n) is 5.73. The molecule has 0 heterocycles. The maximum atomic E-state index is 5.68. The van der Waals surface area contributed by atoms with E-state index in [1.54, 1.807) is 0 Å². The van der Waals surface area contributed by atoms with Crippen molar-refractivity contribution in [1.29, 1.82) is 0 Å². The summed E-state index contributed by atoms with van der Waals surface area (Å²) in [6.07, 6.45) is 2.28. The van der Waals surface area contributed by atoms with Gasteiger partial charge >= 0.3 is 0 Å². The average molecular weight is 205 g/mol. The predicted molar refractivity (Wildman–Crippen MR) is 65.4 cm³/mol. The minimum absolute atomic E-state index is 0.528. The van der Waals surface area contributed by atoms with Gasteiger partial charge in [-0.3, -0.25) is 0 Å². The summed E-state index contributed by atoms with van der Waals surface area (Å²) in [6, 6.07) is 6.24.